The summed E-state index contributed by atoms with van der Waals surface area (Å²) in [5, 5.41) is 13.6. The number of hydrogen-bond acceptors (Lipinski definition) is 4. The van der Waals surface area contributed by atoms with Crippen LogP contribution in [0.4, 0.5) is 0 Å². The van der Waals surface area contributed by atoms with Crippen molar-refractivity contribution in [3.8, 4) is 11.3 Å². The molecule has 5 heteroatoms. The summed E-state index contributed by atoms with van der Waals surface area (Å²) in [6, 6.07) is 9.60. The second-order valence-corrected chi connectivity index (χ2v) is 5.98. The third-order valence-corrected chi connectivity index (χ3v) is 4.26. The Labute approximate surface area is 129 Å². The van der Waals surface area contributed by atoms with Gasteiger partial charge in [-0.25, -0.2) is 0 Å². The summed E-state index contributed by atoms with van der Waals surface area (Å²) in [6.45, 7) is 5.00. The number of hydrogen-bond donors (Lipinski definition) is 1. The summed E-state index contributed by atoms with van der Waals surface area (Å²) in [5.74, 6) is 0.235. The van der Waals surface area contributed by atoms with Gasteiger partial charge < -0.3 is 14.5 Å². The van der Waals surface area contributed by atoms with Gasteiger partial charge in [0.25, 0.3) is 5.91 Å². The van der Waals surface area contributed by atoms with Gasteiger partial charge in [0, 0.05) is 30.6 Å². The number of aryl methyl sites for hydroxylation is 1. The minimum atomic E-state index is -0.393. The van der Waals surface area contributed by atoms with E-state index >= 15 is 0 Å². The molecule has 1 aliphatic rings. The van der Waals surface area contributed by atoms with Crippen LogP contribution in [0, 0.1) is 12.8 Å². The monoisotopic (exact) mass is 300 g/mol. The van der Waals surface area contributed by atoms with Gasteiger partial charge in [-0.05, 0) is 20.3 Å². The van der Waals surface area contributed by atoms with E-state index in [9.17, 15) is 9.90 Å². The Morgan fingerprint density at radius 2 is 2.14 bits per heavy atom. The number of aromatic nitrogens is 1. The molecule has 0 bridgehead atoms. The molecule has 2 atom stereocenters. The normalized spacial score (nSPS) is 19.4. The van der Waals surface area contributed by atoms with Crippen LogP contribution in [0.3, 0.4) is 0 Å². The highest BCUT2D eigenvalue weighted by Gasteiger charge is 2.31. The molecular weight excluding hydrogens is 280 g/mol. The average molecular weight is 300 g/mol. The number of carbonyl (C=O) groups is 1. The maximum absolute atomic E-state index is 12.4. The largest absolute Gasteiger partial charge is 0.393 e. The van der Waals surface area contributed by atoms with Crippen molar-refractivity contribution in [2.75, 3.05) is 13.1 Å². The quantitative estimate of drug-likeness (QED) is 0.945. The van der Waals surface area contributed by atoms with E-state index in [-0.39, 0.29) is 17.6 Å². The lowest BCUT2D eigenvalue weighted by Crippen LogP contribution is -2.30. The first-order valence-corrected chi connectivity index (χ1v) is 7.55. The van der Waals surface area contributed by atoms with E-state index in [4.69, 9.17) is 4.52 Å². The van der Waals surface area contributed by atoms with E-state index in [0.29, 0.717) is 18.8 Å². The highest BCUT2D eigenvalue weighted by molar-refractivity contribution is 5.92. The maximum Gasteiger partial charge on any atom is 0.292 e. The van der Waals surface area contributed by atoms with E-state index in [1.54, 1.807) is 17.9 Å². The minimum absolute atomic E-state index is 0.142. The molecule has 1 amide bonds. The van der Waals surface area contributed by atoms with Crippen LogP contribution in [0.1, 0.15) is 29.5 Å². The summed E-state index contributed by atoms with van der Waals surface area (Å²) in [6.07, 6.45) is 0.429. The van der Waals surface area contributed by atoms with Crippen molar-refractivity contribution in [3.63, 3.8) is 0 Å². The average Bonchev–Trinajstić information content (AvgIpc) is 3.17. The highest BCUT2D eigenvalue weighted by atomic mass is 16.5. The molecule has 1 fully saturated rings. The van der Waals surface area contributed by atoms with Crippen LogP contribution in [0.2, 0.25) is 0 Å². The third-order valence-electron chi connectivity index (χ3n) is 4.26. The Bertz CT molecular complexity index is 661. The summed E-state index contributed by atoms with van der Waals surface area (Å²) in [5.41, 5.74) is 2.76. The Hall–Kier alpha value is -2.14. The fraction of sp³-hybridized carbons (Fsp3) is 0.412. The van der Waals surface area contributed by atoms with Gasteiger partial charge in [-0.1, -0.05) is 35.0 Å². The Morgan fingerprint density at radius 3 is 2.77 bits per heavy atom. The second kappa shape index (κ2) is 5.93. The molecule has 5 nitrogen and oxygen atoms in total. The molecule has 1 saturated heterocycles. The van der Waals surface area contributed by atoms with Crippen LogP contribution in [0.25, 0.3) is 11.3 Å². The maximum atomic E-state index is 12.4. The summed E-state index contributed by atoms with van der Waals surface area (Å²) in [7, 11) is 0. The molecular formula is C17H20N2O3. The van der Waals surface area contributed by atoms with Crippen LogP contribution in [0.5, 0.6) is 0 Å². The van der Waals surface area contributed by atoms with E-state index in [0.717, 1.165) is 12.0 Å². The predicted octanol–water partition coefficient (Wildman–Crippen LogP) is 2.49. The van der Waals surface area contributed by atoms with Gasteiger partial charge in [-0.15, -0.1) is 0 Å². The van der Waals surface area contributed by atoms with Crippen molar-refractivity contribution in [3.05, 3.63) is 41.7 Å². The van der Waals surface area contributed by atoms with Crippen molar-refractivity contribution < 1.29 is 14.4 Å². The first-order chi connectivity index (χ1) is 10.5. The number of nitrogens with zero attached hydrogens (tertiary/aromatic N) is 2. The van der Waals surface area contributed by atoms with Gasteiger partial charge in [-0.2, -0.15) is 0 Å². The summed E-state index contributed by atoms with van der Waals surface area (Å²) < 4.78 is 5.22. The van der Waals surface area contributed by atoms with E-state index in [1.165, 1.54) is 5.56 Å². The number of aliphatic hydroxyl groups is 1. The molecule has 22 heavy (non-hydrogen) atoms. The molecule has 0 spiro atoms. The van der Waals surface area contributed by atoms with Gasteiger partial charge in [0.1, 0.15) is 5.69 Å². The lowest BCUT2D eigenvalue weighted by Gasteiger charge is -2.15. The van der Waals surface area contributed by atoms with Crippen molar-refractivity contribution >= 4 is 5.91 Å². The number of aliphatic hydroxyl groups excluding tert-OH is 1. The predicted molar refractivity (Wildman–Crippen MR) is 82.4 cm³/mol. The zero-order valence-corrected chi connectivity index (χ0v) is 12.8. The van der Waals surface area contributed by atoms with Crippen LogP contribution in [0.15, 0.2) is 34.9 Å². The zero-order chi connectivity index (χ0) is 15.7. The first-order valence-electron chi connectivity index (χ1n) is 7.55. The van der Waals surface area contributed by atoms with E-state index < -0.39 is 6.10 Å². The number of amides is 1. The van der Waals surface area contributed by atoms with Gasteiger partial charge in [0.05, 0.1) is 6.10 Å². The molecule has 2 aromatic rings. The standard InChI is InChI=1S/C17H20N2O3/c1-11-3-5-13(6-4-11)15-9-16(22-18-15)17(21)19-8-7-14(10-19)12(2)20/h3-6,9,12,14,20H,7-8,10H2,1-2H3. The number of rotatable bonds is 3. The number of benzene rings is 1. The van der Waals surface area contributed by atoms with Gasteiger partial charge in [0.2, 0.25) is 5.76 Å². The molecule has 0 saturated carbocycles. The fourth-order valence-electron chi connectivity index (χ4n) is 2.76. The van der Waals surface area contributed by atoms with Gasteiger partial charge in [0.15, 0.2) is 0 Å². The molecule has 1 aromatic carbocycles. The number of carbonyl (C=O) groups excluding carboxylic acids is 1. The lowest BCUT2D eigenvalue weighted by atomic mass is 10.0. The van der Waals surface area contributed by atoms with Crippen molar-refractivity contribution in [2.45, 2.75) is 26.4 Å². The topological polar surface area (TPSA) is 66.6 Å². The zero-order valence-electron chi connectivity index (χ0n) is 12.8. The number of likely N-dealkylation sites (tertiary alicyclic amines) is 1. The molecule has 1 aromatic heterocycles. The van der Waals surface area contributed by atoms with Crippen molar-refractivity contribution in [1.29, 1.82) is 0 Å². The van der Waals surface area contributed by atoms with E-state index in [1.807, 2.05) is 31.2 Å². The molecule has 1 aliphatic heterocycles. The van der Waals surface area contributed by atoms with Gasteiger partial charge in [-0.3, -0.25) is 4.79 Å². The third kappa shape index (κ3) is 2.90. The summed E-state index contributed by atoms with van der Waals surface area (Å²) in [4.78, 5) is 14.1. The molecule has 0 aliphatic carbocycles. The Morgan fingerprint density at radius 1 is 1.41 bits per heavy atom. The summed E-state index contributed by atoms with van der Waals surface area (Å²) >= 11 is 0. The van der Waals surface area contributed by atoms with Gasteiger partial charge >= 0.3 is 0 Å². The second-order valence-electron chi connectivity index (χ2n) is 5.98. The first kappa shape index (κ1) is 14.8. The van der Waals surface area contributed by atoms with Crippen LogP contribution in [-0.2, 0) is 0 Å². The Balaban J connectivity index is 1.74. The molecule has 2 heterocycles. The molecule has 116 valence electrons. The highest BCUT2D eigenvalue weighted by Crippen LogP contribution is 2.24. The minimum Gasteiger partial charge on any atom is -0.393 e. The SMILES string of the molecule is Cc1ccc(-c2cc(C(=O)N3CCC(C(C)O)C3)on2)cc1. The molecule has 3 rings (SSSR count). The lowest BCUT2D eigenvalue weighted by molar-refractivity contribution is 0.0722. The van der Waals surface area contributed by atoms with Crippen LogP contribution in [-0.4, -0.2) is 40.3 Å². The van der Waals surface area contributed by atoms with Crippen LogP contribution < -0.4 is 0 Å². The van der Waals surface area contributed by atoms with E-state index in [2.05, 4.69) is 5.16 Å². The molecule has 2 unspecified atom stereocenters. The van der Waals surface area contributed by atoms with Crippen LogP contribution >= 0.6 is 0 Å². The molecule has 1 N–H and O–H groups in total. The fourth-order valence-corrected chi connectivity index (χ4v) is 2.76. The smallest absolute Gasteiger partial charge is 0.292 e. The van der Waals surface area contributed by atoms with Crippen molar-refractivity contribution in [1.82, 2.24) is 10.1 Å². The Kier molecular flexibility index (Phi) is 3.98. The van der Waals surface area contributed by atoms with Crippen molar-refractivity contribution in [2.24, 2.45) is 5.92 Å². The molecule has 0 radical (unpaired) electrons.